The van der Waals surface area contributed by atoms with Gasteiger partial charge in [0.2, 0.25) is 5.91 Å². The quantitative estimate of drug-likeness (QED) is 0.269. The number of hydrogen-bond donors (Lipinski definition) is 1. The maximum absolute atomic E-state index is 13.9. The van der Waals surface area contributed by atoms with E-state index in [0.717, 1.165) is 11.1 Å². The molecule has 214 valence electrons. The Morgan fingerprint density at radius 1 is 1.18 bits per heavy atom. The molecule has 1 aromatic carbocycles. The highest BCUT2D eigenvalue weighted by Gasteiger charge is 2.44. The fourth-order valence-corrected chi connectivity index (χ4v) is 4.33. The first-order valence-electron chi connectivity index (χ1n) is 13.0. The van der Waals surface area contributed by atoms with E-state index in [1.165, 1.54) is 23.0 Å². The van der Waals surface area contributed by atoms with Crippen molar-refractivity contribution < 1.29 is 33.4 Å². The number of ether oxygens (including phenoxy) is 3. The number of esters is 1. The molecule has 1 fully saturated rings. The molecule has 3 amide bonds. The molecule has 1 heterocycles. The van der Waals surface area contributed by atoms with Gasteiger partial charge in [0.15, 0.2) is 0 Å². The van der Waals surface area contributed by atoms with Crippen LogP contribution in [0.4, 0.5) is 9.59 Å². The van der Waals surface area contributed by atoms with E-state index in [0.29, 0.717) is 6.42 Å². The summed E-state index contributed by atoms with van der Waals surface area (Å²) in [6.45, 7) is 12.8. The summed E-state index contributed by atoms with van der Waals surface area (Å²) in [5.74, 6) is -1.33. The van der Waals surface area contributed by atoms with Crippen LogP contribution in [0.25, 0.3) is 0 Å². The molecule has 0 aromatic heterocycles. The molecular weight excluding hydrogens is 502 g/mol. The van der Waals surface area contributed by atoms with Crippen LogP contribution in [0.5, 0.6) is 0 Å². The third kappa shape index (κ3) is 9.77. The van der Waals surface area contributed by atoms with E-state index in [4.69, 9.17) is 14.2 Å². The monoisotopic (exact) mass is 543 g/mol. The van der Waals surface area contributed by atoms with Gasteiger partial charge in [0.25, 0.3) is 0 Å². The number of hydrogen-bond acceptors (Lipinski definition) is 7. The van der Waals surface area contributed by atoms with Crippen molar-refractivity contribution in [2.45, 2.75) is 65.3 Å². The molecule has 1 N–H and O–H groups in total. The van der Waals surface area contributed by atoms with Gasteiger partial charge in [-0.2, -0.15) is 0 Å². The molecule has 0 saturated carbocycles. The van der Waals surface area contributed by atoms with E-state index in [2.05, 4.69) is 11.9 Å². The van der Waals surface area contributed by atoms with Crippen LogP contribution in [0.2, 0.25) is 0 Å². The summed E-state index contributed by atoms with van der Waals surface area (Å²) >= 11 is 0. The number of carbonyl (C=O) groups is 4. The van der Waals surface area contributed by atoms with Crippen molar-refractivity contribution in [3.63, 3.8) is 0 Å². The fraction of sp³-hybridized carbons (Fsp3) is 0.517. The minimum atomic E-state index is -1.22. The number of nitrogens with one attached hydrogen (secondary N) is 1. The number of allylic oxidation sites excluding steroid dienone is 1. The molecule has 1 aliphatic rings. The van der Waals surface area contributed by atoms with Crippen molar-refractivity contribution in [3.05, 3.63) is 60.2 Å². The van der Waals surface area contributed by atoms with Gasteiger partial charge in [0.05, 0.1) is 13.7 Å². The summed E-state index contributed by atoms with van der Waals surface area (Å²) in [6, 6.07) is 7.09. The van der Waals surface area contributed by atoms with Crippen LogP contribution in [0.3, 0.4) is 0 Å². The molecule has 2 rings (SSSR count). The van der Waals surface area contributed by atoms with Gasteiger partial charge in [-0.05, 0) is 46.6 Å². The largest absolute Gasteiger partial charge is 0.467 e. The second-order valence-corrected chi connectivity index (χ2v) is 10.6. The maximum atomic E-state index is 13.9. The van der Waals surface area contributed by atoms with E-state index >= 15 is 0 Å². The van der Waals surface area contributed by atoms with Gasteiger partial charge in [0.1, 0.15) is 24.3 Å². The summed E-state index contributed by atoms with van der Waals surface area (Å²) in [5, 5.41) is 2.60. The van der Waals surface area contributed by atoms with Crippen LogP contribution < -0.4 is 5.32 Å². The van der Waals surface area contributed by atoms with Gasteiger partial charge in [-0.25, -0.2) is 14.4 Å². The maximum Gasteiger partial charge on any atom is 0.410 e. The molecule has 0 bridgehead atoms. The molecule has 0 unspecified atom stereocenters. The zero-order valence-electron chi connectivity index (χ0n) is 23.8. The lowest BCUT2D eigenvalue weighted by molar-refractivity contribution is -0.152. The predicted octanol–water partition coefficient (Wildman–Crippen LogP) is 4.06. The Bertz CT molecular complexity index is 1040. The molecule has 39 heavy (non-hydrogen) atoms. The minimum Gasteiger partial charge on any atom is -0.467 e. The highest BCUT2D eigenvalue weighted by Crippen LogP contribution is 2.28. The number of methoxy groups -OCH3 is 1. The molecular formula is C29H41N3O7. The van der Waals surface area contributed by atoms with Crippen molar-refractivity contribution in [2.75, 3.05) is 26.7 Å². The number of benzene rings is 1. The van der Waals surface area contributed by atoms with Gasteiger partial charge in [-0.1, -0.05) is 48.1 Å². The molecule has 10 heteroatoms. The van der Waals surface area contributed by atoms with Gasteiger partial charge in [-0.3, -0.25) is 4.79 Å². The van der Waals surface area contributed by atoms with E-state index in [1.54, 1.807) is 20.8 Å². The molecule has 1 aromatic rings. The first kappa shape index (κ1) is 31.4. The van der Waals surface area contributed by atoms with E-state index in [1.807, 2.05) is 50.3 Å². The van der Waals surface area contributed by atoms with Crippen LogP contribution in [0.15, 0.2) is 54.6 Å². The highest BCUT2D eigenvalue weighted by molar-refractivity contribution is 5.91. The second kappa shape index (κ2) is 14.4. The fourth-order valence-electron chi connectivity index (χ4n) is 4.33. The van der Waals surface area contributed by atoms with Crippen LogP contribution in [-0.2, 0) is 30.4 Å². The Morgan fingerprint density at radius 3 is 2.41 bits per heavy atom. The van der Waals surface area contributed by atoms with Crippen LogP contribution >= 0.6 is 0 Å². The second-order valence-electron chi connectivity index (χ2n) is 10.6. The molecule has 3 atom stereocenters. The van der Waals surface area contributed by atoms with Crippen molar-refractivity contribution in [2.24, 2.45) is 5.92 Å². The summed E-state index contributed by atoms with van der Waals surface area (Å²) < 4.78 is 15.9. The summed E-state index contributed by atoms with van der Waals surface area (Å²) in [5.41, 5.74) is 0.987. The smallest absolute Gasteiger partial charge is 0.410 e. The number of rotatable bonds is 10. The number of alkyl carbamates (subject to hydrolysis) is 1. The number of carbonyl (C=O) groups excluding carboxylic acids is 4. The molecule has 0 aliphatic carbocycles. The van der Waals surface area contributed by atoms with E-state index in [9.17, 15) is 19.2 Å². The zero-order chi connectivity index (χ0) is 29.2. The standard InChI is InChI=1S/C29H41N3O7/c1-8-15-31(28(36)38-19-21-12-10-9-11-13-21)18-23(30-27(35)39-29(4,5)6)25(33)32-16-14-22(17-20(2)3)24(32)26(34)37-7/h8-13,17,22-24H,1,14-16,18-19H2,2-7H3,(H,30,35)/t22-,23+,24+/m1/s1. The first-order valence-corrected chi connectivity index (χ1v) is 13.0. The molecule has 1 saturated heterocycles. The Labute approximate surface area is 230 Å². The average molecular weight is 544 g/mol. The topological polar surface area (TPSA) is 114 Å². The Hall–Kier alpha value is -3.82. The van der Waals surface area contributed by atoms with Crippen LogP contribution in [0.1, 0.15) is 46.6 Å². The van der Waals surface area contributed by atoms with Crippen LogP contribution in [0, 0.1) is 5.92 Å². The van der Waals surface area contributed by atoms with Crippen molar-refractivity contribution in [1.29, 1.82) is 0 Å². The lowest BCUT2D eigenvalue weighted by Gasteiger charge is -2.32. The lowest BCUT2D eigenvalue weighted by atomic mass is 9.97. The van der Waals surface area contributed by atoms with Crippen molar-refractivity contribution >= 4 is 24.1 Å². The normalized spacial score (nSPS) is 17.4. The van der Waals surface area contributed by atoms with Gasteiger partial charge < -0.3 is 29.3 Å². The lowest BCUT2D eigenvalue weighted by Crippen LogP contribution is -2.57. The average Bonchev–Trinajstić information content (AvgIpc) is 3.27. The molecule has 0 radical (unpaired) electrons. The minimum absolute atomic E-state index is 0.0341. The Kier molecular flexibility index (Phi) is 11.6. The predicted molar refractivity (Wildman–Crippen MR) is 147 cm³/mol. The third-order valence-corrected chi connectivity index (χ3v) is 5.92. The highest BCUT2D eigenvalue weighted by atomic mass is 16.6. The van der Waals surface area contributed by atoms with Gasteiger partial charge in [0, 0.05) is 19.0 Å². The zero-order valence-corrected chi connectivity index (χ0v) is 23.8. The van der Waals surface area contributed by atoms with Gasteiger partial charge >= 0.3 is 18.2 Å². The summed E-state index contributed by atoms with van der Waals surface area (Å²) in [4.78, 5) is 55.0. The van der Waals surface area contributed by atoms with E-state index < -0.39 is 41.7 Å². The number of nitrogens with zero attached hydrogens (tertiary/aromatic N) is 2. The molecule has 0 spiro atoms. The Balaban J connectivity index is 2.32. The van der Waals surface area contributed by atoms with Crippen molar-refractivity contribution in [1.82, 2.24) is 15.1 Å². The first-order chi connectivity index (χ1) is 18.4. The number of likely N-dealkylation sites (tertiary alicyclic amines) is 1. The SMILES string of the molecule is C=CCN(C[C@H](NC(=O)OC(C)(C)C)C(=O)N1CC[C@H](C=C(C)C)[C@H]1C(=O)OC)C(=O)OCc1ccccc1. The summed E-state index contributed by atoms with van der Waals surface area (Å²) in [6.07, 6.45) is 2.47. The number of amides is 3. The molecule has 1 aliphatic heterocycles. The molecule has 10 nitrogen and oxygen atoms in total. The van der Waals surface area contributed by atoms with Gasteiger partial charge in [-0.15, -0.1) is 6.58 Å². The van der Waals surface area contributed by atoms with E-state index in [-0.39, 0.29) is 32.2 Å². The van der Waals surface area contributed by atoms with Crippen molar-refractivity contribution in [3.8, 4) is 0 Å². The third-order valence-electron chi connectivity index (χ3n) is 5.92. The Morgan fingerprint density at radius 2 is 1.85 bits per heavy atom. The summed E-state index contributed by atoms with van der Waals surface area (Å²) in [7, 11) is 1.27. The van der Waals surface area contributed by atoms with Crippen LogP contribution in [-0.4, -0.2) is 78.3 Å².